The van der Waals surface area contributed by atoms with Crippen molar-refractivity contribution in [1.29, 1.82) is 0 Å². The molecule has 0 radical (unpaired) electrons. The lowest BCUT2D eigenvalue weighted by Crippen LogP contribution is -2.10. The van der Waals surface area contributed by atoms with Gasteiger partial charge in [-0.15, -0.1) is 0 Å². The highest BCUT2D eigenvalue weighted by Gasteiger charge is 2.29. The number of methoxy groups -OCH3 is 1. The van der Waals surface area contributed by atoms with Gasteiger partial charge in [-0.25, -0.2) is 4.98 Å². The number of carbonyl (C=O) groups is 1. The first-order chi connectivity index (χ1) is 13.0. The van der Waals surface area contributed by atoms with Gasteiger partial charge in [0.15, 0.2) is 5.58 Å². The van der Waals surface area contributed by atoms with Crippen molar-refractivity contribution in [2.45, 2.75) is 26.2 Å². The molecule has 2 heterocycles. The summed E-state index contributed by atoms with van der Waals surface area (Å²) in [6.45, 7) is 3.97. The average Bonchev–Trinajstić information content (AvgIpc) is 3.26. The zero-order valence-electron chi connectivity index (χ0n) is 15.4. The summed E-state index contributed by atoms with van der Waals surface area (Å²) >= 11 is 0. The number of H-pyrrole nitrogens is 1. The number of aryl methyl sites for hydroxylation is 2. The van der Waals surface area contributed by atoms with E-state index in [9.17, 15) is 9.90 Å². The number of fused-ring (bicyclic) bond motifs is 2. The molecule has 0 amide bonds. The molecule has 0 bridgehead atoms. The van der Waals surface area contributed by atoms with Gasteiger partial charge in [-0.2, -0.15) is 0 Å². The summed E-state index contributed by atoms with van der Waals surface area (Å²) in [5.41, 5.74) is 5.17. The molecule has 2 aromatic carbocycles. The summed E-state index contributed by atoms with van der Waals surface area (Å²) < 4.78 is 11.6. The van der Waals surface area contributed by atoms with E-state index in [1.54, 1.807) is 7.11 Å². The Kier molecular flexibility index (Phi) is 4.11. The molecule has 0 aliphatic rings. The molecule has 2 N–H and O–H groups in total. The number of hydrogen-bond acceptors (Lipinski definition) is 4. The Hall–Kier alpha value is -3.28. The second-order valence-corrected chi connectivity index (χ2v) is 6.75. The van der Waals surface area contributed by atoms with Crippen LogP contribution in [0.15, 0.2) is 40.9 Å². The van der Waals surface area contributed by atoms with E-state index in [2.05, 4.69) is 9.97 Å². The third kappa shape index (κ3) is 2.93. The molecule has 4 aromatic rings. The minimum atomic E-state index is -0.926. The van der Waals surface area contributed by atoms with Crippen LogP contribution in [0.25, 0.3) is 22.0 Å². The van der Waals surface area contributed by atoms with E-state index in [-0.39, 0.29) is 6.42 Å². The number of carboxylic acid groups (broad SMARTS) is 1. The van der Waals surface area contributed by atoms with Crippen molar-refractivity contribution in [2.75, 3.05) is 7.11 Å². The van der Waals surface area contributed by atoms with Crippen molar-refractivity contribution in [3.8, 4) is 5.75 Å². The smallest absolute Gasteiger partial charge is 0.304 e. The van der Waals surface area contributed by atoms with Crippen molar-refractivity contribution in [2.24, 2.45) is 0 Å². The lowest BCUT2D eigenvalue weighted by atomic mass is 9.90. The van der Waals surface area contributed by atoms with Gasteiger partial charge in [0.2, 0.25) is 5.89 Å². The molecule has 1 atom stereocenters. The number of aliphatic carboxylic acids is 1. The van der Waals surface area contributed by atoms with Crippen LogP contribution in [0.2, 0.25) is 0 Å². The first kappa shape index (κ1) is 17.1. The maximum Gasteiger partial charge on any atom is 0.304 e. The van der Waals surface area contributed by atoms with Crippen LogP contribution in [-0.2, 0) is 4.79 Å². The molecule has 138 valence electrons. The highest BCUT2D eigenvalue weighted by Crippen LogP contribution is 2.41. The molecule has 0 spiro atoms. The minimum Gasteiger partial charge on any atom is -0.496 e. The highest BCUT2D eigenvalue weighted by atomic mass is 16.5. The lowest BCUT2D eigenvalue weighted by Gasteiger charge is -2.18. The summed E-state index contributed by atoms with van der Waals surface area (Å²) in [4.78, 5) is 19.5. The predicted molar refractivity (Wildman–Crippen MR) is 102 cm³/mol. The Morgan fingerprint density at radius 3 is 2.85 bits per heavy atom. The van der Waals surface area contributed by atoms with Crippen LogP contribution in [0.3, 0.4) is 0 Å². The Morgan fingerprint density at radius 1 is 1.30 bits per heavy atom. The van der Waals surface area contributed by atoms with Crippen LogP contribution in [0.5, 0.6) is 5.75 Å². The van der Waals surface area contributed by atoms with Crippen LogP contribution in [0.1, 0.15) is 34.9 Å². The number of aromatic nitrogens is 2. The normalized spacial score (nSPS) is 12.6. The van der Waals surface area contributed by atoms with Crippen molar-refractivity contribution >= 4 is 28.0 Å². The van der Waals surface area contributed by atoms with Gasteiger partial charge in [-0.05, 0) is 49.2 Å². The van der Waals surface area contributed by atoms with Crippen LogP contribution in [-0.4, -0.2) is 28.2 Å². The number of oxazole rings is 1. The number of hydrogen-bond donors (Lipinski definition) is 2. The Balaban J connectivity index is 1.97. The van der Waals surface area contributed by atoms with Gasteiger partial charge in [-0.1, -0.05) is 6.07 Å². The van der Waals surface area contributed by atoms with Crippen LogP contribution in [0, 0.1) is 13.8 Å². The zero-order valence-corrected chi connectivity index (χ0v) is 15.4. The maximum atomic E-state index is 11.6. The molecule has 0 aliphatic heterocycles. The van der Waals surface area contributed by atoms with Gasteiger partial charge >= 0.3 is 5.97 Å². The second-order valence-electron chi connectivity index (χ2n) is 6.75. The minimum absolute atomic E-state index is 0.147. The quantitative estimate of drug-likeness (QED) is 0.543. The molecule has 2 aromatic heterocycles. The number of ether oxygens (including phenoxy) is 1. The standard InChI is InChI=1S/C21H20N2O4/c1-11-4-5-16-15(8-11)23-21(27-16)14(10-18(24)25)19-13-6-7-22-20(13)12(2)9-17(19)26-3/h4-9,14,22H,10H2,1-3H3,(H,24,25). The van der Waals surface area contributed by atoms with Crippen molar-refractivity contribution in [3.05, 3.63) is 59.1 Å². The van der Waals surface area contributed by atoms with Crippen LogP contribution >= 0.6 is 0 Å². The maximum absolute atomic E-state index is 11.6. The molecule has 0 saturated heterocycles. The zero-order chi connectivity index (χ0) is 19.1. The van der Waals surface area contributed by atoms with E-state index in [1.165, 1.54) is 0 Å². The number of nitrogens with one attached hydrogen (secondary N) is 1. The second kappa shape index (κ2) is 6.46. The lowest BCUT2D eigenvalue weighted by molar-refractivity contribution is -0.137. The van der Waals surface area contributed by atoms with Gasteiger partial charge in [0.05, 0.1) is 19.4 Å². The topological polar surface area (TPSA) is 88.4 Å². The molecular formula is C21H20N2O4. The van der Waals surface area contributed by atoms with Crippen LogP contribution in [0.4, 0.5) is 0 Å². The van der Waals surface area contributed by atoms with Gasteiger partial charge in [0, 0.05) is 22.7 Å². The summed E-state index contributed by atoms with van der Waals surface area (Å²) in [5.74, 6) is -0.485. The van der Waals surface area contributed by atoms with Gasteiger partial charge in [0.25, 0.3) is 0 Å². The third-order valence-corrected chi connectivity index (χ3v) is 4.85. The molecule has 4 rings (SSSR count). The van der Waals surface area contributed by atoms with E-state index in [0.717, 1.165) is 33.1 Å². The molecule has 6 nitrogen and oxygen atoms in total. The van der Waals surface area contributed by atoms with Gasteiger partial charge in [-0.3, -0.25) is 4.79 Å². The fourth-order valence-electron chi connectivity index (χ4n) is 3.62. The van der Waals surface area contributed by atoms with E-state index in [0.29, 0.717) is 17.2 Å². The van der Waals surface area contributed by atoms with Crippen molar-refractivity contribution < 1.29 is 19.1 Å². The van der Waals surface area contributed by atoms with Crippen molar-refractivity contribution in [1.82, 2.24) is 9.97 Å². The molecule has 6 heteroatoms. The summed E-state index contributed by atoms with van der Waals surface area (Å²) in [6.07, 6.45) is 1.69. The van der Waals surface area contributed by atoms with Gasteiger partial charge < -0.3 is 19.2 Å². The first-order valence-corrected chi connectivity index (χ1v) is 8.71. The van der Waals surface area contributed by atoms with E-state index in [4.69, 9.17) is 9.15 Å². The number of benzene rings is 2. The molecule has 0 aliphatic carbocycles. The Morgan fingerprint density at radius 2 is 2.11 bits per heavy atom. The molecule has 1 unspecified atom stereocenters. The third-order valence-electron chi connectivity index (χ3n) is 4.85. The Bertz CT molecular complexity index is 1160. The number of carboxylic acids is 1. The van der Waals surface area contributed by atoms with E-state index < -0.39 is 11.9 Å². The van der Waals surface area contributed by atoms with E-state index in [1.807, 2.05) is 50.4 Å². The summed E-state index contributed by atoms with van der Waals surface area (Å²) in [5, 5.41) is 10.5. The number of rotatable bonds is 5. The SMILES string of the molecule is COc1cc(C)c2[nH]ccc2c1C(CC(=O)O)c1nc2cc(C)ccc2o1. The van der Waals surface area contributed by atoms with Crippen LogP contribution < -0.4 is 4.74 Å². The fourth-order valence-corrected chi connectivity index (χ4v) is 3.62. The fraction of sp³-hybridized carbons (Fsp3) is 0.238. The Labute approximate surface area is 155 Å². The van der Waals surface area contributed by atoms with Crippen molar-refractivity contribution in [3.63, 3.8) is 0 Å². The molecule has 27 heavy (non-hydrogen) atoms. The largest absolute Gasteiger partial charge is 0.496 e. The highest BCUT2D eigenvalue weighted by molar-refractivity contribution is 5.90. The number of nitrogens with zero attached hydrogens (tertiary/aromatic N) is 1. The summed E-state index contributed by atoms with van der Waals surface area (Å²) in [6, 6.07) is 9.58. The average molecular weight is 364 g/mol. The monoisotopic (exact) mass is 364 g/mol. The molecule has 0 fully saturated rings. The predicted octanol–water partition coefficient (Wildman–Crippen LogP) is 4.54. The van der Waals surface area contributed by atoms with E-state index >= 15 is 0 Å². The summed E-state index contributed by atoms with van der Waals surface area (Å²) in [7, 11) is 1.59. The number of aromatic amines is 1. The first-order valence-electron chi connectivity index (χ1n) is 8.71. The molecule has 0 saturated carbocycles. The molecular weight excluding hydrogens is 344 g/mol. The van der Waals surface area contributed by atoms with Gasteiger partial charge in [0.1, 0.15) is 11.3 Å².